The van der Waals surface area contributed by atoms with Gasteiger partial charge in [-0.1, -0.05) is 0 Å². The van der Waals surface area contributed by atoms with Gasteiger partial charge in [0.05, 0.1) is 0 Å². The van der Waals surface area contributed by atoms with E-state index in [1.54, 1.807) is 36.4 Å². The Hall–Kier alpha value is -2.54. The van der Waals surface area contributed by atoms with Crippen LogP contribution < -0.4 is 5.32 Å². The van der Waals surface area contributed by atoms with Crippen LogP contribution in [0.25, 0.3) is 11.3 Å². The molecule has 1 aromatic carbocycles. The van der Waals surface area contributed by atoms with Crippen LogP contribution in [0.5, 0.6) is 0 Å². The van der Waals surface area contributed by atoms with E-state index in [0.29, 0.717) is 11.5 Å². The third-order valence-corrected chi connectivity index (χ3v) is 3.33. The number of aliphatic hydroxyl groups is 1. The number of furan rings is 1. The summed E-state index contributed by atoms with van der Waals surface area (Å²) in [4.78, 5) is 0. The summed E-state index contributed by atoms with van der Waals surface area (Å²) < 4.78 is 6.26. The summed E-state index contributed by atoms with van der Waals surface area (Å²) in [6.45, 7) is -0.146. The first-order valence-electron chi connectivity index (χ1n) is 5.94. The second-order valence-electron chi connectivity index (χ2n) is 4.04. The molecule has 0 bridgehead atoms. The number of anilines is 1. The lowest BCUT2D eigenvalue weighted by atomic mass is 10.1. The highest BCUT2D eigenvalue weighted by Crippen LogP contribution is 2.32. The molecule has 1 heterocycles. The number of hydrogen-bond acceptors (Lipinski definition) is 5. The number of nitriles is 2. The molecule has 21 heavy (non-hydrogen) atoms. The summed E-state index contributed by atoms with van der Waals surface area (Å²) >= 11 is 3.44. The molecule has 0 radical (unpaired) electrons. The van der Waals surface area contributed by atoms with Crippen LogP contribution in [-0.4, -0.2) is 5.11 Å². The molecule has 0 saturated carbocycles. The van der Waals surface area contributed by atoms with Crippen molar-refractivity contribution >= 4 is 21.6 Å². The summed E-state index contributed by atoms with van der Waals surface area (Å²) in [6.07, 6.45) is 1.35. The van der Waals surface area contributed by atoms with Gasteiger partial charge in [-0.25, -0.2) is 0 Å². The molecule has 2 N–H and O–H groups in total. The highest BCUT2D eigenvalue weighted by Gasteiger charge is 2.08. The van der Waals surface area contributed by atoms with Crippen LogP contribution in [0.3, 0.4) is 0 Å². The average Bonchev–Trinajstić information content (AvgIpc) is 2.97. The second-order valence-corrected chi connectivity index (χ2v) is 4.90. The van der Waals surface area contributed by atoms with E-state index in [0.717, 1.165) is 15.7 Å². The predicted molar refractivity (Wildman–Crippen MR) is 80.7 cm³/mol. The average molecular weight is 344 g/mol. The van der Waals surface area contributed by atoms with Gasteiger partial charge >= 0.3 is 0 Å². The van der Waals surface area contributed by atoms with E-state index in [1.165, 1.54) is 6.20 Å². The number of allylic oxidation sites excluding steroid dienone is 1. The number of nitrogens with zero attached hydrogens (tertiary/aromatic N) is 2. The molecule has 0 aliphatic carbocycles. The van der Waals surface area contributed by atoms with Crippen LogP contribution in [0.1, 0.15) is 5.76 Å². The Bertz CT molecular complexity index is 750. The van der Waals surface area contributed by atoms with Crippen molar-refractivity contribution in [3.05, 3.63) is 52.3 Å². The maximum Gasteiger partial charge on any atom is 0.145 e. The number of hydrogen-bond donors (Lipinski definition) is 2. The van der Waals surface area contributed by atoms with E-state index in [9.17, 15) is 0 Å². The second kappa shape index (κ2) is 6.76. The van der Waals surface area contributed by atoms with E-state index in [-0.39, 0.29) is 12.2 Å². The van der Waals surface area contributed by atoms with E-state index < -0.39 is 0 Å². The van der Waals surface area contributed by atoms with Crippen LogP contribution >= 0.6 is 15.9 Å². The number of nitrogens with one attached hydrogen (secondary N) is 1. The Morgan fingerprint density at radius 1 is 1.29 bits per heavy atom. The summed E-state index contributed by atoms with van der Waals surface area (Å²) in [5.74, 6) is 1.14. The number of aliphatic hydroxyl groups excluding tert-OH is 1. The summed E-state index contributed by atoms with van der Waals surface area (Å²) in [6, 6.07) is 12.5. The quantitative estimate of drug-likeness (QED) is 0.828. The van der Waals surface area contributed by atoms with Crippen molar-refractivity contribution in [2.24, 2.45) is 0 Å². The Morgan fingerprint density at radius 3 is 2.62 bits per heavy atom. The normalized spacial score (nSPS) is 9.52. The predicted octanol–water partition coefficient (Wildman–Crippen LogP) is 3.54. The minimum Gasteiger partial charge on any atom is -0.459 e. The standard InChI is InChI=1S/C15H10BrN3O2/c16-14-5-11(19-8-10(6-17)7-18)1-3-13(14)15-4-2-12(9-20)21-15/h1-5,8,19-20H,9H2. The minimum absolute atomic E-state index is 0.00572. The van der Waals surface area contributed by atoms with Gasteiger partial charge in [0.15, 0.2) is 0 Å². The molecular weight excluding hydrogens is 334 g/mol. The van der Waals surface area contributed by atoms with Gasteiger partial charge in [-0.3, -0.25) is 0 Å². The molecule has 2 aromatic rings. The maximum atomic E-state index is 9.01. The zero-order valence-corrected chi connectivity index (χ0v) is 12.4. The van der Waals surface area contributed by atoms with Gasteiger partial charge in [0, 0.05) is 21.9 Å². The number of rotatable bonds is 4. The summed E-state index contributed by atoms with van der Waals surface area (Å²) in [5, 5.41) is 29.2. The van der Waals surface area contributed by atoms with Gasteiger partial charge in [-0.2, -0.15) is 10.5 Å². The van der Waals surface area contributed by atoms with Gasteiger partial charge in [0.25, 0.3) is 0 Å². The van der Waals surface area contributed by atoms with Crippen molar-refractivity contribution in [1.29, 1.82) is 10.5 Å². The first kappa shape index (κ1) is 14.9. The molecule has 0 aliphatic heterocycles. The van der Waals surface area contributed by atoms with Crippen LogP contribution in [0, 0.1) is 22.7 Å². The van der Waals surface area contributed by atoms with Gasteiger partial charge in [0.1, 0.15) is 35.8 Å². The fourth-order valence-corrected chi connectivity index (χ4v) is 2.23. The molecule has 5 nitrogen and oxygen atoms in total. The molecular formula is C15H10BrN3O2. The van der Waals surface area contributed by atoms with E-state index >= 15 is 0 Å². The fourth-order valence-electron chi connectivity index (χ4n) is 1.66. The lowest BCUT2D eigenvalue weighted by Crippen LogP contribution is -1.90. The van der Waals surface area contributed by atoms with Gasteiger partial charge in [-0.05, 0) is 46.3 Å². The van der Waals surface area contributed by atoms with Crippen molar-refractivity contribution in [3.63, 3.8) is 0 Å². The lowest BCUT2D eigenvalue weighted by Gasteiger charge is -2.05. The van der Waals surface area contributed by atoms with Crippen molar-refractivity contribution in [3.8, 4) is 23.5 Å². The molecule has 0 aliphatic rings. The number of benzene rings is 1. The molecule has 0 amide bonds. The monoisotopic (exact) mass is 343 g/mol. The van der Waals surface area contributed by atoms with E-state index in [4.69, 9.17) is 20.0 Å². The first-order chi connectivity index (χ1) is 10.2. The Kier molecular flexibility index (Phi) is 4.78. The first-order valence-corrected chi connectivity index (χ1v) is 6.73. The number of halogens is 1. The highest BCUT2D eigenvalue weighted by atomic mass is 79.9. The lowest BCUT2D eigenvalue weighted by molar-refractivity contribution is 0.248. The van der Waals surface area contributed by atoms with Crippen molar-refractivity contribution in [1.82, 2.24) is 0 Å². The van der Waals surface area contributed by atoms with Gasteiger partial charge in [-0.15, -0.1) is 0 Å². The summed E-state index contributed by atoms with van der Waals surface area (Å²) in [5.41, 5.74) is 1.56. The fraction of sp³-hybridized carbons (Fsp3) is 0.0667. The molecule has 2 rings (SSSR count). The van der Waals surface area contributed by atoms with Crippen molar-refractivity contribution in [2.45, 2.75) is 6.61 Å². The molecule has 0 atom stereocenters. The minimum atomic E-state index is -0.146. The van der Waals surface area contributed by atoms with Crippen LogP contribution in [0.4, 0.5) is 5.69 Å². The topological polar surface area (TPSA) is 93.0 Å². The van der Waals surface area contributed by atoms with Crippen LogP contribution in [0.15, 0.2) is 51.0 Å². The maximum absolute atomic E-state index is 9.01. The van der Waals surface area contributed by atoms with E-state index in [1.807, 2.05) is 6.07 Å². The van der Waals surface area contributed by atoms with Gasteiger partial charge < -0.3 is 14.8 Å². The Balaban J connectivity index is 2.24. The molecule has 1 aromatic heterocycles. The Labute approximate surface area is 129 Å². The highest BCUT2D eigenvalue weighted by molar-refractivity contribution is 9.10. The van der Waals surface area contributed by atoms with E-state index in [2.05, 4.69) is 21.2 Å². The summed E-state index contributed by atoms with van der Waals surface area (Å²) in [7, 11) is 0. The van der Waals surface area contributed by atoms with Crippen molar-refractivity contribution < 1.29 is 9.52 Å². The van der Waals surface area contributed by atoms with Crippen LogP contribution in [-0.2, 0) is 6.61 Å². The zero-order valence-electron chi connectivity index (χ0n) is 10.8. The van der Waals surface area contributed by atoms with Crippen LogP contribution in [0.2, 0.25) is 0 Å². The van der Waals surface area contributed by atoms with Crippen molar-refractivity contribution in [2.75, 3.05) is 5.32 Å². The molecule has 0 fully saturated rings. The third-order valence-electron chi connectivity index (χ3n) is 2.68. The van der Waals surface area contributed by atoms with Gasteiger partial charge in [0.2, 0.25) is 0 Å². The molecule has 104 valence electrons. The third kappa shape index (κ3) is 3.51. The molecule has 0 saturated heterocycles. The molecule has 0 unspecified atom stereocenters. The smallest absolute Gasteiger partial charge is 0.145 e. The Morgan fingerprint density at radius 2 is 2.05 bits per heavy atom. The zero-order chi connectivity index (χ0) is 15.2. The SMILES string of the molecule is N#CC(C#N)=CNc1ccc(-c2ccc(CO)o2)c(Br)c1. The molecule has 0 spiro atoms. The molecule has 6 heteroatoms. The largest absolute Gasteiger partial charge is 0.459 e.